The zero-order chi connectivity index (χ0) is 20.7. The molecule has 3 aliphatic rings. The average Bonchev–Trinajstić information content (AvgIpc) is 2.79. The smallest absolute Gasteiger partial charge is 0.272 e. The third-order valence-corrected chi connectivity index (χ3v) is 7.14. The van der Waals surface area contributed by atoms with Crippen LogP contribution in [0.2, 0.25) is 0 Å². The van der Waals surface area contributed by atoms with Gasteiger partial charge in [0.1, 0.15) is 17.2 Å². The Hall–Kier alpha value is -2.60. The molecule has 30 heavy (non-hydrogen) atoms. The van der Waals surface area contributed by atoms with Crippen LogP contribution in [0.1, 0.15) is 47.8 Å². The maximum Gasteiger partial charge on any atom is 0.272 e. The van der Waals surface area contributed by atoms with Gasteiger partial charge in [-0.05, 0) is 67.3 Å². The SMILES string of the molecule is COc1ccc([C@H]2CCC[C@H]3[C@@H]4C[C@@H](CN(C(=O)c5ccc(O)cn5)C4)CN23)cc1. The van der Waals surface area contributed by atoms with Crippen molar-refractivity contribution in [3.8, 4) is 11.5 Å². The van der Waals surface area contributed by atoms with E-state index >= 15 is 0 Å². The molecular weight excluding hydrogens is 378 g/mol. The van der Waals surface area contributed by atoms with Crippen LogP contribution in [0.5, 0.6) is 11.5 Å². The van der Waals surface area contributed by atoms with E-state index in [4.69, 9.17) is 4.74 Å². The number of hydrogen-bond acceptors (Lipinski definition) is 5. The number of piperidine rings is 3. The highest BCUT2D eigenvalue weighted by molar-refractivity contribution is 5.92. The quantitative estimate of drug-likeness (QED) is 0.844. The van der Waals surface area contributed by atoms with Gasteiger partial charge in [0, 0.05) is 31.7 Å². The summed E-state index contributed by atoms with van der Waals surface area (Å²) in [5.41, 5.74) is 1.80. The monoisotopic (exact) mass is 407 g/mol. The summed E-state index contributed by atoms with van der Waals surface area (Å²) in [5.74, 6) is 1.99. The number of aromatic hydroxyl groups is 1. The summed E-state index contributed by atoms with van der Waals surface area (Å²) in [7, 11) is 1.71. The lowest BCUT2D eigenvalue weighted by molar-refractivity contribution is -0.0512. The van der Waals surface area contributed by atoms with Crippen molar-refractivity contribution in [3.05, 3.63) is 53.9 Å². The van der Waals surface area contributed by atoms with E-state index in [1.54, 1.807) is 13.2 Å². The fourth-order valence-corrected chi connectivity index (χ4v) is 5.83. The minimum absolute atomic E-state index is 0.0133. The van der Waals surface area contributed by atoms with Gasteiger partial charge in [-0.15, -0.1) is 0 Å². The molecule has 2 bridgehead atoms. The first-order valence-corrected chi connectivity index (χ1v) is 11.0. The molecule has 1 aromatic heterocycles. The minimum Gasteiger partial charge on any atom is -0.506 e. The number of carbonyl (C=O) groups excluding carboxylic acids is 1. The Morgan fingerprint density at radius 1 is 1.10 bits per heavy atom. The Bertz CT molecular complexity index is 899. The molecule has 0 saturated carbocycles. The Kier molecular flexibility index (Phi) is 5.11. The molecule has 4 heterocycles. The number of aromatic nitrogens is 1. The minimum atomic E-state index is -0.0133. The molecule has 1 N–H and O–H groups in total. The second-order valence-corrected chi connectivity index (χ2v) is 8.96. The summed E-state index contributed by atoms with van der Waals surface area (Å²) in [6, 6.07) is 12.7. The lowest BCUT2D eigenvalue weighted by Crippen LogP contribution is -2.60. The van der Waals surface area contributed by atoms with E-state index in [0.29, 0.717) is 29.6 Å². The van der Waals surface area contributed by atoms with Crippen molar-refractivity contribution in [2.24, 2.45) is 11.8 Å². The lowest BCUT2D eigenvalue weighted by atomic mass is 9.74. The Labute approximate surface area is 177 Å². The van der Waals surface area contributed by atoms with Gasteiger partial charge in [0.25, 0.3) is 5.91 Å². The number of nitrogens with zero attached hydrogens (tertiary/aromatic N) is 3. The predicted octanol–water partition coefficient (Wildman–Crippen LogP) is 3.48. The summed E-state index contributed by atoms with van der Waals surface area (Å²) in [4.78, 5) is 21.9. The molecule has 6 nitrogen and oxygen atoms in total. The largest absolute Gasteiger partial charge is 0.506 e. The highest BCUT2D eigenvalue weighted by atomic mass is 16.5. The van der Waals surface area contributed by atoms with Crippen LogP contribution >= 0.6 is 0 Å². The first kappa shape index (κ1) is 19.4. The van der Waals surface area contributed by atoms with Crippen LogP contribution in [0.4, 0.5) is 0 Å². The molecule has 3 fully saturated rings. The fourth-order valence-electron chi connectivity index (χ4n) is 5.83. The van der Waals surface area contributed by atoms with Gasteiger partial charge in [-0.25, -0.2) is 4.98 Å². The second kappa shape index (κ2) is 7.91. The van der Waals surface area contributed by atoms with Crippen molar-refractivity contribution < 1.29 is 14.6 Å². The van der Waals surface area contributed by atoms with Gasteiger partial charge < -0.3 is 14.7 Å². The molecule has 158 valence electrons. The van der Waals surface area contributed by atoms with E-state index in [9.17, 15) is 9.90 Å². The van der Waals surface area contributed by atoms with E-state index < -0.39 is 0 Å². The molecule has 1 aromatic carbocycles. The molecule has 2 aromatic rings. The van der Waals surface area contributed by atoms with Crippen molar-refractivity contribution in [1.82, 2.24) is 14.8 Å². The highest BCUT2D eigenvalue weighted by Crippen LogP contribution is 2.44. The van der Waals surface area contributed by atoms with Crippen LogP contribution < -0.4 is 4.74 Å². The maximum absolute atomic E-state index is 13.0. The third-order valence-electron chi connectivity index (χ3n) is 7.14. The van der Waals surface area contributed by atoms with Crippen molar-refractivity contribution in [3.63, 3.8) is 0 Å². The molecule has 6 heteroatoms. The number of amides is 1. The maximum atomic E-state index is 13.0. The van der Waals surface area contributed by atoms with E-state index in [1.165, 1.54) is 43.5 Å². The summed E-state index contributed by atoms with van der Waals surface area (Å²) in [6.45, 7) is 2.63. The van der Waals surface area contributed by atoms with Crippen LogP contribution in [0, 0.1) is 11.8 Å². The van der Waals surface area contributed by atoms with E-state index in [1.807, 2.05) is 4.90 Å². The Morgan fingerprint density at radius 2 is 1.93 bits per heavy atom. The van der Waals surface area contributed by atoms with Gasteiger partial charge in [0.15, 0.2) is 0 Å². The number of benzene rings is 1. The second-order valence-electron chi connectivity index (χ2n) is 8.96. The number of fused-ring (bicyclic) bond motifs is 4. The Morgan fingerprint density at radius 3 is 2.67 bits per heavy atom. The highest BCUT2D eigenvalue weighted by Gasteiger charge is 2.45. The standard InChI is InChI=1S/C24H29N3O3/c1-30-20-8-5-17(6-9-20)22-3-2-4-23-18-11-16(14-27(22)23)13-26(15-18)24(29)21-10-7-19(28)12-25-21/h5-10,12,16,18,22-23,28H,2-4,11,13-15H2,1H3/t16-,18+,22+,23-/m0/s1. The van der Waals surface area contributed by atoms with E-state index in [-0.39, 0.29) is 11.7 Å². The molecule has 0 spiro atoms. The zero-order valence-corrected chi connectivity index (χ0v) is 17.4. The number of pyridine rings is 1. The predicted molar refractivity (Wildman–Crippen MR) is 113 cm³/mol. The third kappa shape index (κ3) is 3.54. The van der Waals surface area contributed by atoms with Crippen LogP contribution in [0.25, 0.3) is 0 Å². The van der Waals surface area contributed by atoms with E-state index in [0.717, 1.165) is 25.4 Å². The summed E-state index contributed by atoms with van der Waals surface area (Å²) < 4.78 is 5.33. The van der Waals surface area contributed by atoms with Crippen LogP contribution in [-0.4, -0.2) is 58.6 Å². The molecule has 5 rings (SSSR count). The summed E-state index contributed by atoms with van der Waals surface area (Å²) >= 11 is 0. The number of hydrogen-bond donors (Lipinski definition) is 1. The normalized spacial score (nSPS) is 28.6. The first-order valence-electron chi connectivity index (χ1n) is 11.0. The van der Waals surface area contributed by atoms with Crippen molar-refractivity contribution in [2.45, 2.75) is 37.8 Å². The molecule has 3 aliphatic heterocycles. The first-order chi connectivity index (χ1) is 14.6. The van der Waals surface area contributed by atoms with Gasteiger partial charge in [-0.2, -0.15) is 0 Å². The number of rotatable bonds is 3. The molecule has 0 unspecified atom stereocenters. The van der Waals surface area contributed by atoms with Crippen LogP contribution in [-0.2, 0) is 0 Å². The molecule has 3 saturated heterocycles. The Balaban J connectivity index is 1.33. The fraction of sp³-hybridized carbons (Fsp3) is 0.500. The number of carbonyl (C=O) groups is 1. The summed E-state index contributed by atoms with van der Waals surface area (Å²) in [5, 5.41) is 9.46. The van der Waals surface area contributed by atoms with Crippen molar-refractivity contribution >= 4 is 5.91 Å². The van der Waals surface area contributed by atoms with Crippen molar-refractivity contribution in [2.75, 3.05) is 26.7 Å². The van der Waals surface area contributed by atoms with Gasteiger partial charge in [0.05, 0.1) is 13.3 Å². The number of ether oxygens (including phenoxy) is 1. The van der Waals surface area contributed by atoms with E-state index in [2.05, 4.69) is 34.1 Å². The lowest BCUT2D eigenvalue weighted by Gasteiger charge is -2.55. The number of likely N-dealkylation sites (tertiary alicyclic amines) is 1. The number of methoxy groups -OCH3 is 1. The van der Waals surface area contributed by atoms with Crippen molar-refractivity contribution in [1.29, 1.82) is 0 Å². The van der Waals surface area contributed by atoms with Crippen LogP contribution in [0.3, 0.4) is 0 Å². The van der Waals surface area contributed by atoms with Gasteiger partial charge >= 0.3 is 0 Å². The molecule has 4 atom stereocenters. The molecule has 0 radical (unpaired) electrons. The summed E-state index contributed by atoms with van der Waals surface area (Å²) in [6.07, 6.45) is 6.20. The van der Waals surface area contributed by atoms with Gasteiger partial charge in [0.2, 0.25) is 0 Å². The molecular formula is C24H29N3O3. The molecule has 0 aliphatic carbocycles. The topological polar surface area (TPSA) is 65.9 Å². The molecule has 1 amide bonds. The van der Waals surface area contributed by atoms with Crippen LogP contribution in [0.15, 0.2) is 42.6 Å². The zero-order valence-electron chi connectivity index (χ0n) is 17.4. The average molecular weight is 408 g/mol. The van der Waals surface area contributed by atoms with Gasteiger partial charge in [-0.3, -0.25) is 9.69 Å². The van der Waals surface area contributed by atoms with Gasteiger partial charge in [-0.1, -0.05) is 12.1 Å².